The third-order valence-electron chi connectivity index (χ3n) is 4.06. The summed E-state index contributed by atoms with van der Waals surface area (Å²) in [5.74, 6) is 0. The molecule has 21 heavy (non-hydrogen) atoms. The van der Waals surface area contributed by atoms with E-state index >= 15 is 0 Å². The SMILES string of the molecule is Cc1ccc(CNc2ccccc2N2CCCCC2)cn1. The van der Waals surface area contributed by atoms with Gasteiger partial charge in [-0.2, -0.15) is 0 Å². The van der Waals surface area contributed by atoms with Crippen molar-refractivity contribution >= 4 is 11.4 Å². The van der Waals surface area contributed by atoms with Gasteiger partial charge >= 0.3 is 0 Å². The monoisotopic (exact) mass is 281 g/mol. The lowest BCUT2D eigenvalue weighted by atomic mass is 10.1. The number of aromatic nitrogens is 1. The number of hydrogen-bond donors (Lipinski definition) is 1. The zero-order valence-corrected chi connectivity index (χ0v) is 12.7. The average molecular weight is 281 g/mol. The Morgan fingerprint density at radius 2 is 1.86 bits per heavy atom. The van der Waals surface area contributed by atoms with Crippen molar-refractivity contribution in [3.8, 4) is 0 Å². The van der Waals surface area contributed by atoms with Crippen LogP contribution >= 0.6 is 0 Å². The van der Waals surface area contributed by atoms with Crippen LogP contribution < -0.4 is 10.2 Å². The third-order valence-corrected chi connectivity index (χ3v) is 4.06. The summed E-state index contributed by atoms with van der Waals surface area (Å²) in [6, 6.07) is 12.8. The van der Waals surface area contributed by atoms with Crippen LogP contribution in [-0.4, -0.2) is 18.1 Å². The van der Waals surface area contributed by atoms with E-state index in [2.05, 4.69) is 51.6 Å². The van der Waals surface area contributed by atoms with Gasteiger partial charge in [0.15, 0.2) is 0 Å². The fourth-order valence-electron chi connectivity index (χ4n) is 2.83. The van der Waals surface area contributed by atoms with Gasteiger partial charge in [-0.05, 0) is 49.9 Å². The molecule has 1 N–H and O–H groups in total. The zero-order valence-electron chi connectivity index (χ0n) is 12.7. The lowest BCUT2D eigenvalue weighted by molar-refractivity contribution is 0.578. The summed E-state index contributed by atoms with van der Waals surface area (Å²) in [5.41, 5.74) is 4.83. The second-order valence-corrected chi connectivity index (χ2v) is 5.73. The molecular formula is C18H23N3. The van der Waals surface area contributed by atoms with Gasteiger partial charge in [0.25, 0.3) is 0 Å². The van der Waals surface area contributed by atoms with Gasteiger partial charge in [0.1, 0.15) is 0 Å². The van der Waals surface area contributed by atoms with Gasteiger partial charge in [-0.25, -0.2) is 0 Å². The number of anilines is 2. The van der Waals surface area contributed by atoms with Crippen molar-refractivity contribution in [1.29, 1.82) is 0 Å². The molecule has 2 heterocycles. The van der Waals surface area contributed by atoms with E-state index < -0.39 is 0 Å². The first-order valence-electron chi connectivity index (χ1n) is 7.82. The molecule has 3 heteroatoms. The Hall–Kier alpha value is -2.03. The quantitative estimate of drug-likeness (QED) is 0.918. The first-order valence-corrected chi connectivity index (χ1v) is 7.82. The summed E-state index contributed by atoms with van der Waals surface area (Å²) in [5, 5.41) is 3.56. The number of pyridine rings is 1. The predicted octanol–water partition coefficient (Wildman–Crippen LogP) is 3.99. The summed E-state index contributed by atoms with van der Waals surface area (Å²) >= 11 is 0. The largest absolute Gasteiger partial charge is 0.379 e. The van der Waals surface area contributed by atoms with Crippen LogP contribution in [0.3, 0.4) is 0 Å². The van der Waals surface area contributed by atoms with Crippen LogP contribution in [-0.2, 0) is 6.54 Å². The minimum Gasteiger partial charge on any atom is -0.379 e. The van der Waals surface area contributed by atoms with Gasteiger partial charge in [-0.3, -0.25) is 4.98 Å². The molecular weight excluding hydrogens is 258 g/mol. The second kappa shape index (κ2) is 6.61. The first kappa shape index (κ1) is 13.9. The lowest BCUT2D eigenvalue weighted by Crippen LogP contribution is -2.30. The van der Waals surface area contributed by atoms with Crippen LogP contribution in [0.2, 0.25) is 0 Å². The highest BCUT2D eigenvalue weighted by atomic mass is 15.1. The smallest absolute Gasteiger partial charge is 0.0602 e. The number of piperidine rings is 1. The Morgan fingerprint density at radius 3 is 2.62 bits per heavy atom. The topological polar surface area (TPSA) is 28.2 Å². The molecule has 0 radical (unpaired) electrons. The van der Waals surface area contributed by atoms with Crippen molar-refractivity contribution in [2.75, 3.05) is 23.3 Å². The molecule has 3 nitrogen and oxygen atoms in total. The minimum absolute atomic E-state index is 0.818. The first-order chi connectivity index (χ1) is 10.3. The van der Waals surface area contributed by atoms with E-state index in [4.69, 9.17) is 0 Å². The van der Waals surface area contributed by atoms with Gasteiger partial charge in [-0.15, -0.1) is 0 Å². The van der Waals surface area contributed by atoms with E-state index in [0.717, 1.165) is 12.2 Å². The normalized spacial score (nSPS) is 15.0. The fraction of sp³-hybridized carbons (Fsp3) is 0.389. The van der Waals surface area contributed by atoms with Crippen molar-refractivity contribution in [2.24, 2.45) is 0 Å². The van der Waals surface area contributed by atoms with Crippen molar-refractivity contribution in [1.82, 2.24) is 4.98 Å². The Morgan fingerprint density at radius 1 is 1.05 bits per heavy atom. The molecule has 0 atom stereocenters. The third kappa shape index (κ3) is 3.54. The molecule has 1 aliphatic rings. The molecule has 110 valence electrons. The molecule has 1 aromatic heterocycles. The Kier molecular flexibility index (Phi) is 4.39. The van der Waals surface area contributed by atoms with E-state index in [1.54, 1.807) is 0 Å². The number of para-hydroxylation sites is 2. The summed E-state index contributed by atoms with van der Waals surface area (Å²) < 4.78 is 0. The molecule has 1 aliphatic heterocycles. The Balaban J connectivity index is 1.71. The van der Waals surface area contributed by atoms with Gasteiger partial charge in [0.2, 0.25) is 0 Å². The van der Waals surface area contributed by atoms with Crippen molar-refractivity contribution in [2.45, 2.75) is 32.7 Å². The molecule has 3 rings (SSSR count). The molecule has 0 amide bonds. The maximum atomic E-state index is 4.35. The standard InChI is InChI=1S/C18H23N3/c1-15-9-10-16(13-19-15)14-20-17-7-3-4-8-18(17)21-11-5-2-6-12-21/h3-4,7-10,13,20H,2,5-6,11-12,14H2,1H3. The van der Waals surface area contributed by atoms with Gasteiger partial charge in [-0.1, -0.05) is 18.2 Å². The van der Waals surface area contributed by atoms with Gasteiger partial charge in [0.05, 0.1) is 11.4 Å². The van der Waals surface area contributed by atoms with Crippen LogP contribution in [0, 0.1) is 6.92 Å². The number of hydrogen-bond acceptors (Lipinski definition) is 3. The Labute approximate surface area is 127 Å². The molecule has 2 aromatic rings. The Bertz CT molecular complexity index is 571. The van der Waals surface area contributed by atoms with Crippen LogP contribution in [0.1, 0.15) is 30.5 Å². The van der Waals surface area contributed by atoms with E-state index in [1.165, 1.54) is 49.3 Å². The highest BCUT2D eigenvalue weighted by Gasteiger charge is 2.13. The number of nitrogens with one attached hydrogen (secondary N) is 1. The summed E-state index contributed by atoms with van der Waals surface area (Å²) in [7, 11) is 0. The lowest BCUT2D eigenvalue weighted by Gasteiger charge is -2.30. The highest BCUT2D eigenvalue weighted by Crippen LogP contribution is 2.28. The summed E-state index contributed by atoms with van der Waals surface area (Å²) in [4.78, 5) is 6.85. The number of benzene rings is 1. The molecule has 1 fully saturated rings. The maximum absolute atomic E-state index is 4.35. The van der Waals surface area contributed by atoms with Gasteiger partial charge in [0, 0.05) is 31.5 Å². The second-order valence-electron chi connectivity index (χ2n) is 5.73. The molecule has 0 saturated carbocycles. The highest BCUT2D eigenvalue weighted by molar-refractivity contribution is 5.70. The summed E-state index contributed by atoms with van der Waals surface area (Å²) in [6.07, 6.45) is 5.92. The van der Waals surface area contributed by atoms with E-state index in [9.17, 15) is 0 Å². The molecule has 0 unspecified atom stereocenters. The van der Waals surface area contributed by atoms with Gasteiger partial charge < -0.3 is 10.2 Å². The van der Waals surface area contributed by atoms with Crippen molar-refractivity contribution < 1.29 is 0 Å². The number of aryl methyl sites for hydroxylation is 1. The van der Waals surface area contributed by atoms with Crippen LogP contribution in [0.25, 0.3) is 0 Å². The van der Waals surface area contributed by atoms with Crippen molar-refractivity contribution in [3.05, 3.63) is 53.9 Å². The predicted molar refractivity (Wildman–Crippen MR) is 88.8 cm³/mol. The molecule has 1 aromatic carbocycles. The van der Waals surface area contributed by atoms with E-state index in [-0.39, 0.29) is 0 Å². The summed E-state index contributed by atoms with van der Waals surface area (Å²) in [6.45, 7) is 5.18. The minimum atomic E-state index is 0.818. The van der Waals surface area contributed by atoms with Crippen LogP contribution in [0.4, 0.5) is 11.4 Å². The zero-order chi connectivity index (χ0) is 14.5. The number of nitrogens with zero attached hydrogens (tertiary/aromatic N) is 2. The molecule has 0 aliphatic carbocycles. The van der Waals surface area contributed by atoms with Crippen LogP contribution in [0.5, 0.6) is 0 Å². The maximum Gasteiger partial charge on any atom is 0.0602 e. The molecule has 0 bridgehead atoms. The van der Waals surface area contributed by atoms with Crippen LogP contribution in [0.15, 0.2) is 42.6 Å². The molecule has 1 saturated heterocycles. The molecule has 0 spiro atoms. The van der Waals surface area contributed by atoms with Crippen molar-refractivity contribution in [3.63, 3.8) is 0 Å². The van der Waals surface area contributed by atoms with E-state index in [1.807, 2.05) is 13.1 Å². The van der Waals surface area contributed by atoms with E-state index in [0.29, 0.717) is 0 Å². The number of rotatable bonds is 4. The fourth-order valence-corrected chi connectivity index (χ4v) is 2.83. The average Bonchev–Trinajstić information content (AvgIpc) is 2.55.